The topological polar surface area (TPSA) is 36.9 Å². The molecule has 4 heteroatoms. The van der Waals surface area contributed by atoms with Crippen LogP contribution in [0.1, 0.15) is 5.56 Å². The summed E-state index contributed by atoms with van der Waals surface area (Å²) in [6, 6.07) is 1.83. The molecule has 0 bridgehead atoms. The summed E-state index contributed by atoms with van der Waals surface area (Å²) in [5, 5.41) is 0. The van der Waals surface area contributed by atoms with Crippen LogP contribution in [0.2, 0.25) is 0 Å². The molecular formula is C11H14O4. The fraction of sp³-hybridized carbons (Fsp3) is 0.455. The lowest BCUT2D eigenvalue weighted by Crippen LogP contribution is -2.16. The second-order valence-corrected chi connectivity index (χ2v) is 3.26. The molecule has 1 aliphatic rings. The largest absolute Gasteiger partial charge is 0.496 e. The van der Waals surface area contributed by atoms with E-state index in [1.165, 1.54) is 0 Å². The van der Waals surface area contributed by atoms with E-state index in [0.29, 0.717) is 30.5 Å². The zero-order chi connectivity index (χ0) is 10.8. The van der Waals surface area contributed by atoms with Gasteiger partial charge in [-0.3, -0.25) is 0 Å². The zero-order valence-corrected chi connectivity index (χ0v) is 9.12. The fourth-order valence-corrected chi connectivity index (χ4v) is 1.68. The van der Waals surface area contributed by atoms with Crippen molar-refractivity contribution in [1.29, 1.82) is 0 Å². The monoisotopic (exact) mass is 210 g/mol. The summed E-state index contributed by atoms with van der Waals surface area (Å²) in [5.74, 6) is 2.78. The molecule has 1 aliphatic heterocycles. The Kier molecular flexibility index (Phi) is 2.58. The van der Waals surface area contributed by atoms with E-state index < -0.39 is 0 Å². The van der Waals surface area contributed by atoms with Crippen LogP contribution in [0.3, 0.4) is 0 Å². The first-order valence-electron chi connectivity index (χ1n) is 4.79. The first-order valence-corrected chi connectivity index (χ1v) is 4.79. The number of hydrogen-bond acceptors (Lipinski definition) is 4. The fourth-order valence-electron chi connectivity index (χ4n) is 1.68. The first-order chi connectivity index (χ1) is 7.27. The predicted octanol–water partition coefficient (Wildman–Crippen LogP) is 1.78. The van der Waals surface area contributed by atoms with Crippen molar-refractivity contribution in [1.82, 2.24) is 0 Å². The van der Waals surface area contributed by atoms with Crippen molar-refractivity contribution < 1.29 is 18.9 Å². The average Bonchev–Trinajstić information content (AvgIpc) is 2.28. The molecule has 1 aromatic carbocycles. The van der Waals surface area contributed by atoms with E-state index in [1.807, 2.05) is 13.0 Å². The van der Waals surface area contributed by atoms with Crippen LogP contribution in [0.25, 0.3) is 0 Å². The standard InChI is InChI=1S/C11H14O4/c1-7-8(12-2)6-9-11(10(7)13-3)15-5-4-14-9/h6H,4-5H2,1-3H3. The van der Waals surface area contributed by atoms with Gasteiger partial charge in [0.1, 0.15) is 19.0 Å². The van der Waals surface area contributed by atoms with Crippen molar-refractivity contribution >= 4 is 0 Å². The van der Waals surface area contributed by atoms with E-state index in [0.717, 1.165) is 11.3 Å². The van der Waals surface area contributed by atoms with Gasteiger partial charge in [0.15, 0.2) is 11.5 Å². The average molecular weight is 210 g/mol. The highest BCUT2D eigenvalue weighted by Gasteiger charge is 2.22. The number of fused-ring (bicyclic) bond motifs is 1. The number of ether oxygens (including phenoxy) is 4. The molecule has 82 valence electrons. The minimum Gasteiger partial charge on any atom is -0.496 e. The van der Waals surface area contributed by atoms with E-state index in [-0.39, 0.29) is 0 Å². The predicted molar refractivity (Wildman–Crippen MR) is 55.3 cm³/mol. The molecule has 2 rings (SSSR count). The Morgan fingerprint density at radius 2 is 1.87 bits per heavy atom. The number of methoxy groups -OCH3 is 2. The third-order valence-electron chi connectivity index (χ3n) is 2.41. The SMILES string of the molecule is COc1cc2c(c(OC)c1C)OCCO2. The van der Waals surface area contributed by atoms with Gasteiger partial charge in [0.25, 0.3) is 0 Å². The van der Waals surface area contributed by atoms with Crippen LogP contribution < -0.4 is 18.9 Å². The molecular weight excluding hydrogens is 196 g/mol. The third-order valence-corrected chi connectivity index (χ3v) is 2.41. The molecule has 0 N–H and O–H groups in total. The van der Waals surface area contributed by atoms with Crippen molar-refractivity contribution in [3.63, 3.8) is 0 Å². The maximum atomic E-state index is 5.52. The molecule has 4 nitrogen and oxygen atoms in total. The summed E-state index contributed by atoms with van der Waals surface area (Å²) < 4.78 is 21.5. The van der Waals surface area contributed by atoms with Crippen molar-refractivity contribution in [2.24, 2.45) is 0 Å². The van der Waals surface area contributed by atoms with Crippen LogP contribution in [0.5, 0.6) is 23.0 Å². The Hall–Kier alpha value is -1.58. The van der Waals surface area contributed by atoms with Gasteiger partial charge in [-0.2, -0.15) is 0 Å². The van der Waals surface area contributed by atoms with Crippen LogP contribution in [0.15, 0.2) is 6.07 Å². The van der Waals surface area contributed by atoms with Gasteiger partial charge in [-0.05, 0) is 6.92 Å². The minimum absolute atomic E-state index is 0.551. The van der Waals surface area contributed by atoms with Gasteiger partial charge in [0.05, 0.1) is 14.2 Å². The quantitative estimate of drug-likeness (QED) is 0.745. The van der Waals surface area contributed by atoms with Crippen LogP contribution in [-0.2, 0) is 0 Å². The molecule has 0 aliphatic carbocycles. The van der Waals surface area contributed by atoms with E-state index >= 15 is 0 Å². The van der Waals surface area contributed by atoms with Crippen molar-refractivity contribution in [2.45, 2.75) is 6.92 Å². The Morgan fingerprint density at radius 3 is 2.53 bits per heavy atom. The maximum absolute atomic E-state index is 5.52. The van der Waals surface area contributed by atoms with Crippen LogP contribution in [-0.4, -0.2) is 27.4 Å². The second kappa shape index (κ2) is 3.88. The van der Waals surface area contributed by atoms with Crippen LogP contribution >= 0.6 is 0 Å². The second-order valence-electron chi connectivity index (χ2n) is 3.26. The lowest BCUT2D eigenvalue weighted by molar-refractivity contribution is 0.164. The Bertz CT molecular complexity index is 373. The first kappa shape index (κ1) is 9.96. The highest BCUT2D eigenvalue weighted by atomic mass is 16.6. The van der Waals surface area contributed by atoms with Gasteiger partial charge in [0, 0.05) is 11.6 Å². The van der Waals surface area contributed by atoms with E-state index in [1.54, 1.807) is 14.2 Å². The molecule has 0 atom stereocenters. The van der Waals surface area contributed by atoms with Gasteiger partial charge < -0.3 is 18.9 Å². The number of rotatable bonds is 2. The molecule has 0 saturated carbocycles. The Morgan fingerprint density at radius 1 is 1.13 bits per heavy atom. The maximum Gasteiger partial charge on any atom is 0.204 e. The molecule has 0 spiro atoms. The summed E-state index contributed by atoms with van der Waals surface area (Å²) in [7, 11) is 3.23. The normalized spacial score (nSPS) is 13.5. The van der Waals surface area contributed by atoms with Gasteiger partial charge in [0.2, 0.25) is 5.75 Å². The molecule has 0 unspecified atom stereocenters. The molecule has 0 amide bonds. The summed E-state index contributed by atoms with van der Waals surface area (Å²) in [5.41, 5.74) is 0.921. The molecule has 0 radical (unpaired) electrons. The molecule has 0 saturated heterocycles. The lowest BCUT2D eigenvalue weighted by Gasteiger charge is -2.22. The number of hydrogen-bond donors (Lipinski definition) is 0. The van der Waals surface area contributed by atoms with Crippen molar-refractivity contribution in [2.75, 3.05) is 27.4 Å². The molecule has 15 heavy (non-hydrogen) atoms. The Labute approximate surface area is 88.7 Å². The van der Waals surface area contributed by atoms with Crippen LogP contribution in [0.4, 0.5) is 0 Å². The molecule has 0 aromatic heterocycles. The molecule has 1 aromatic rings. The highest BCUT2D eigenvalue weighted by Crippen LogP contribution is 2.45. The van der Waals surface area contributed by atoms with Crippen molar-refractivity contribution in [3.05, 3.63) is 11.6 Å². The van der Waals surface area contributed by atoms with Gasteiger partial charge in [-0.1, -0.05) is 0 Å². The minimum atomic E-state index is 0.551. The molecule has 0 fully saturated rings. The van der Waals surface area contributed by atoms with E-state index in [2.05, 4.69) is 0 Å². The zero-order valence-electron chi connectivity index (χ0n) is 9.12. The third kappa shape index (κ3) is 1.56. The smallest absolute Gasteiger partial charge is 0.204 e. The van der Waals surface area contributed by atoms with E-state index in [4.69, 9.17) is 18.9 Å². The highest BCUT2D eigenvalue weighted by molar-refractivity contribution is 5.61. The Balaban J connectivity index is 2.58. The lowest BCUT2D eigenvalue weighted by atomic mass is 10.1. The van der Waals surface area contributed by atoms with E-state index in [9.17, 15) is 0 Å². The van der Waals surface area contributed by atoms with Gasteiger partial charge in [-0.25, -0.2) is 0 Å². The van der Waals surface area contributed by atoms with Crippen LogP contribution in [0, 0.1) is 6.92 Å². The van der Waals surface area contributed by atoms with Gasteiger partial charge >= 0.3 is 0 Å². The van der Waals surface area contributed by atoms with Gasteiger partial charge in [-0.15, -0.1) is 0 Å². The summed E-state index contributed by atoms with van der Waals surface area (Å²) >= 11 is 0. The summed E-state index contributed by atoms with van der Waals surface area (Å²) in [6.45, 7) is 3.04. The summed E-state index contributed by atoms with van der Waals surface area (Å²) in [6.07, 6.45) is 0. The van der Waals surface area contributed by atoms with Crippen molar-refractivity contribution in [3.8, 4) is 23.0 Å². The number of benzene rings is 1. The molecule has 1 heterocycles. The summed E-state index contributed by atoms with van der Waals surface area (Å²) in [4.78, 5) is 0.